The molecule has 1 aromatic rings. The highest BCUT2D eigenvalue weighted by Crippen LogP contribution is 2.24. The van der Waals surface area contributed by atoms with Gasteiger partial charge in [-0.25, -0.2) is 4.39 Å². The van der Waals surface area contributed by atoms with E-state index in [0.29, 0.717) is 11.7 Å². The summed E-state index contributed by atoms with van der Waals surface area (Å²) in [6.07, 6.45) is 4.29. The molecule has 2 unspecified atom stereocenters. The number of nitrogens with one attached hydrogen (secondary N) is 1. The van der Waals surface area contributed by atoms with Crippen molar-refractivity contribution in [1.82, 2.24) is 5.32 Å². The number of rotatable bonds is 3. The minimum atomic E-state index is -0.541. The summed E-state index contributed by atoms with van der Waals surface area (Å²) < 4.78 is 18.7. The van der Waals surface area contributed by atoms with Crippen molar-refractivity contribution in [3.8, 4) is 5.75 Å². The Bertz CT molecular complexity index is 461. The first-order valence-electron chi connectivity index (χ1n) is 6.74. The molecule has 1 fully saturated rings. The van der Waals surface area contributed by atoms with Crippen molar-refractivity contribution in [3.05, 3.63) is 29.6 Å². The fourth-order valence-electron chi connectivity index (χ4n) is 2.64. The highest BCUT2D eigenvalue weighted by atomic mass is 19.1. The zero-order chi connectivity index (χ0) is 13.8. The highest BCUT2D eigenvalue weighted by Gasteiger charge is 2.22. The standard InChI is InChI=1S/C15H20FNO2/c1-10-4-3-5-11(8-10)17-15(18)13-7-6-12(19-2)9-14(13)16/h6-7,9-11H,3-5,8H2,1-2H3,(H,17,18). The fraction of sp³-hybridized carbons (Fsp3) is 0.533. The van der Waals surface area contributed by atoms with E-state index in [1.807, 2.05) is 0 Å². The molecule has 1 N–H and O–H groups in total. The number of halogens is 1. The number of amides is 1. The number of carbonyl (C=O) groups is 1. The first-order chi connectivity index (χ1) is 9.10. The summed E-state index contributed by atoms with van der Waals surface area (Å²) in [5.41, 5.74) is 0.0824. The number of ether oxygens (including phenoxy) is 1. The van der Waals surface area contributed by atoms with Crippen LogP contribution in [0.5, 0.6) is 5.75 Å². The average Bonchev–Trinajstić information content (AvgIpc) is 2.38. The molecule has 2 rings (SSSR count). The molecule has 104 valence electrons. The van der Waals surface area contributed by atoms with Gasteiger partial charge in [0.25, 0.3) is 5.91 Å². The van der Waals surface area contributed by atoms with Crippen LogP contribution in [0.2, 0.25) is 0 Å². The van der Waals surface area contributed by atoms with Crippen LogP contribution < -0.4 is 10.1 Å². The van der Waals surface area contributed by atoms with Gasteiger partial charge in [0, 0.05) is 12.1 Å². The first-order valence-corrected chi connectivity index (χ1v) is 6.74. The maximum atomic E-state index is 13.8. The Balaban J connectivity index is 2.03. The smallest absolute Gasteiger partial charge is 0.254 e. The van der Waals surface area contributed by atoms with Gasteiger partial charge in [0.15, 0.2) is 0 Å². The quantitative estimate of drug-likeness (QED) is 0.911. The maximum Gasteiger partial charge on any atom is 0.254 e. The minimum absolute atomic E-state index is 0.0824. The Hall–Kier alpha value is -1.58. The third-order valence-electron chi connectivity index (χ3n) is 3.69. The number of hydrogen-bond acceptors (Lipinski definition) is 2. The van der Waals surface area contributed by atoms with Gasteiger partial charge in [0.2, 0.25) is 0 Å². The third kappa shape index (κ3) is 3.46. The van der Waals surface area contributed by atoms with E-state index in [9.17, 15) is 9.18 Å². The van der Waals surface area contributed by atoms with E-state index in [1.165, 1.54) is 25.7 Å². The van der Waals surface area contributed by atoms with Crippen molar-refractivity contribution in [2.45, 2.75) is 38.6 Å². The lowest BCUT2D eigenvalue weighted by Crippen LogP contribution is -2.38. The molecule has 3 nitrogen and oxygen atoms in total. The monoisotopic (exact) mass is 265 g/mol. The Morgan fingerprint density at radius 2 is 2.21 bits per heavy atom. The lowest BCUT2D eigenvalue weighted by molar-refractivity contribution is 0.0917. The van der Waals surface area contributed by atoms with Crippen molar-refractivity contribution in [1.29, 1.82) is 0 Å². The molecule has 0 aliphatic heterocycles. The normalized spacial score (nSPS) is 22.9. The average molecular weight is 265 g/mol. The minimum Gasteiger partial charge on any atom is -0.497 e. The molecule has 2 atom stereocenters. The van der Waals surface area contributed by atoms with Gasteiger partial charge in [-0.05, 0) is 30.9 Å². The number of hydrogen-bond donors (Lipinski definition) is 1. The van der Waals surface area contributed by atoms with Gasteiger partial charge >= 0.3 is 0 Å². The molecule has 0 spiro atoms. The molecule has 1 aliphatic rings. The lowest BCUT2D eigenvalue weighted by Gasteiger charge is -2.27. The van der Waals surface area contributed by atoms with Crippen LogP contribution in [0.4, 0.5) is 4.39 Å². The van der Waals surface area contributed by atoms with Gasteiger partial charge in [-0.1, -0.05) is 19.8 Å². The van der Waals surface area contributed by atoms with E-state index < -0.39 is 5.82 Å². The Morgan fingerprint density at radius 3 is 2.84 bits per heavy atom. The van der Waals surface area contributed by atoms with E-state index in [0.717, 1.165) is 19.3 Å². The van der Waals surface area contributed by atoms with Crippen LogP contribution in [0.15, 0.2) is 18.2 Å². The molecule has 4 heteroatoms. The molecule has 1 amide bonds. The van der Waals surface area contributed by atoms with Gasteiger partial charge in [-0.2, -0.15) is 0 Å². The van der Waals surface area contributed by atoms with Crippen LogP contribution in [-0.4, -0.2) is 19.1 Å². The molecule has 1 aliphatic carbocycles. The number of benzene rings is 1. The molecular weight excluding hydrogens is 245 g/mol. The van der Waals surface area contributed by atoms with E-state index in [2.05, 4.69) is 12.2 Å². The molecule has 0 radical (unpaired) electrons. The Morgan fingerprint density at radius 1 is 1.42 bits per heavy atom. The summed E-state index contributed by atoms with van der Waals surface area (Å²) in [5, 5.41) is 2.92. The van der Waals surface area contributed by atoms with Crippen LogP contribution >= 0.6 is 0 Å². The Labute approximate surface area is 113 Å². The van der Waals surface area contributed by atoms with Crippen molar-refractivity contribution in [2.75, 3.05) is 7.11 Å². The zero-order valence-electron chi connectivity index (χ0n) is 11.4. The van der Waals surface area contributed by atoms with E-state index in [1.54, 1.807) is 6.07 Å². The van der Waals surface area contributed by atoms with Crippen LogP contribution in [0.1, 0.15) is 43.0 Å². The Kier molecular flexibility index (Phi) is 4.40. The van der Waals surface area contributed by atoms with E-state index in [-0.39, 0.29) is 17.5 Å². The van der Waals surface area contributed by atoms with Crippen LogP contribution in [0.25, 0.3) is 0 Å². The predicted octanol–water partition coefficient (Wildman–Crippen LogP) is 3.14. The van der Waals surface area contributed by atoms with Gasteiger partial charge in [-0.3, -0.25) is 4.79 Å². The zero-order valence-corrected chi connectivity index (χ0v) is 11.4. The summed E-state index contributed by atoms with van der Waals surface area (Å²) in [6, 6.07) is 4.47. The van der Waals surface area contributed by atoms with Crippen LogP contribution in [-0.2, 0) is 0 Å². The molecule has 0 aromatic heterocycles. The molecule has 1 saturated carbocycles. The van der Waals surface area contributed by atoms with Crippen molar-refractivity contribution < 1.29 is 13.9 Å². The molecule has 1 aromatic carbocycles. The lowest BCUT2D eigenvalue weighted by atomic mass is 9.87. The van der Waals surface area contributed by atoms with E-state index in [4.69, 9.17) is 4.74 Å². The third-order valence-corrected chi connectivity index (χ3v) is 3.69. The summed E-state index contributed by atoms with van der Waals surface area (Å²) in [7, 11) is 1.47. The molecular formula is C15H20FNO2. The predicted molar refractivity (Wildman–Crippen MR) is 71.8 cm³/mol. The molecule has 0 bridgehead atoms. The van der Waals surface area contributed by atoms with Crippen molar-refractivity contribution >= 4 is 5.91 Å². The fourth-order valence-corrected chi connectivity index (χ4v) is 2.64. The summed E-state index contributed by atoms with van der Waals surface area (Å²) in [6.45, 7) is 2.19. The van der Waals surface area contributed by atoms with Crippen molar-refractivity contribution in [2.24, 2.45) is 5.92 Å². The summed E-state index contributed by atoms with van der Waals surface area (Å²) >= 11 is 0. The maximum absolute atomic E-state index is 13.8. The largest absolute Gasteiger partial charge is 0.497 e. The second-order valence-corrected chi connectivity index (χ2v) is 5.29. The van der Waals surface area contributed by atoms with Crippen LogP contribution in [0.3, 0.4) is 0 Å². The topological polar surface area (TPSA) is 38.3 Å². The second-order valence-electron chi connectivity index (χ2n) is 5.29. The first kappa shape index (κ1) is 13.8. The molecule has 0 saturated heterocycles. The van der Waals surface area contributed by atoms with Gasteiger partial charge < -0.3 is 10.1 Å². The second kappa shape index (κ2) is 6.04. The summed E-state index contributed by atoms with van der Waals surface area (Å²) in [4.78, 5) is 12.0. The van der Waals surface area contributed by atoms with Gasteiger partial charge in [0.1, 0.15) is 11.6 Å². The number of carbonyl (C=O) groups excluding carboxylic acids is 1. The highest BCUT2D eigenvalue weighted by molar-refractivity contribution is 5.94. The van der Waals surface area contributed by atoms with Gasteiger partial charge in [0.05, 0.1) is 12.7 Å². The van der Waals surface area contributed by atoms with Gasteiger partial charge in [-0.15, -0.1) is 0 Å². The van der Waals surface area contributed by atoms with Crippen molar-refractivity contribution in [3.63, 3.8) is 0 Å². The SMILES string of the molecule is COc1ccc(C(=O)NC2CCCC(C)C2)c(F)c1. The summed E-state index contributed by atoms with van der Waals surface area (Å²) in [5.74, 6) is 0.167. The van der Waals surface area contributed by atoms with Crippen LogP contribution in [0, 0.1) is 11.7 Å². The van der Waals surface area contributed by atoms with E-state index >= 15 is 0 Å². The molecule has 0 heterocycles. The number of methoxy groups -OCH3 is 1. The molecule has 19 heavy (non-hydrogen) atoms.